The molecule has 0 saturated heterocycles. The van der Waals surface area contributed by atoms with Gasteiger partial charge in [0.15, 0.2) is 0 Å². The van der Waals surface area contributed by atoms with Crippen LogP contribution in [0.2, 0.25) is 0 Å². The molecular formula is C17H25N3O2S. The Kier molecular flexibility index (Phi) is 6.10. The summed E-state index contributed by atoms with van der Waals surface area (Å²) in [6.45, 7) is 6.73. The molecule has 2 aromatic rings. The Morgan fingerprint density at radius 2 is 1.91 bits per heavy atom. The summed E-state index contributed by atoms with van der Waals surface area (Å²) < 4.78 is 27.7. The number of benzene rings is 1. The number of nitrogens with zero attached hydrogens (tertiary/aromatic N) is 1. The third-order valence-electron chi connectivity index (χ3n) is 3.77. The summed E-state index contributed by atoms with van der Waals surface area (Å²) in [6, 6.07) is 7.10. The second-order valence-electron chi connectivity index (χ2n) is 6.00. The fourth-order valence-electron chi connectivity index (χ4n) is 2.52. The van der Waals surface area contributed by atoms with E-state index in [1.54, 1.807) is 30.6 Å². The molecule has 2 rings (SSSR count). The molecule has 0 saturated carbocycles. The standard InChI is InChI=1S/C17H25N3O2S/c1-4-5-13(2)19-11-14(3)20-23(21,22)17-7-6-16-12-18-9-8-15(16)10-17/h6-10,12-14,19-20H,4-5,11H2,1-3H3. The van der Waals surface area contributed by atoms with E-state index in [4.69, 9.17) is 0 Å². The average molecular weight is 335 g/mol. The smallest absolute Gasteiger partial charge is 0.240 e. The van der Waals surface area contributed by atoms with Crippen LogP contribution in [-0.4, -0.2) is 32.0 Å². The zero-order valence-corrected chi connectivity index (χ0v) is 14.7. The number of rotatable bonds is 8. The van der Waals surface area contributed by atoms with Crippen molar-refractivity contribution in [2.45, 2.75) is 50.6 Å². The van der Waals surface area contributed by atoms with Crippen molar-refractivity contribution in [2.24, 2.45) is 0 Å². The Bertz CT molecular complexity index is 746. The molecule has 0 aliphatic heterocycles. The highest BCUT2D eigenvalue weighted by Gasteiger charge is 2.18. The summed E-state index contributed by atoms with van der Waals surface area (Å²) in [4.78, 5) is 4.32. The predicted octanol–water partition coefficient (Wildman–Crippen LogP) is 2.68. The number of fused-ring (bicyclic) bond motifs is 1. The third kappa shape index (κ3) is 4.99. The number of aromatic nitrogens is 1. The average Bonchev–Trinajstić information content (AvgIpc) is 2.52. The Morgan fingerprint density at radius 3 is 2.65 bits per heavy atom. The maximum atomic E-state index is 12.5. The maximum Gasteiger partial charge on any atom is 0.240 e. The molecular weight excluding hydrogens is 310 g/mol. The van der Waals surface area contributed by atoms with Gasteiger partial charge in [0, 0.05) is 36.4 Å². The molecule has 0 radical (unpaired) electrons. The minimum absolute atomic E-state index is 0.174. The summed E-state index contributed by atoms with van der Waals surface area (Å²) >= 11 is 0. The Hall–Kier alpha value is -1.50. The van der Waals surface area contributed by atoms with Crippen molar-refractivity contribution in [1.29, 1.82) is 0 Å². The van der Waals surface area contributed by atoms with Crippen molar-refractivity contribution in [1.82, 2.24) is 15.0 Å². The van der Waals surface area contributed by atoms with E-state index in [9.17, 15) is 8.42 Å². The van der Waals surface area contributed by atoms with Crippen molar-refractivity contribution in [3.8, 4) is 0 Å². The molecule has 5 nitrogen and oxygen atoms in total. The molecule has 2 atom stereocenters. The number of hydrogen-bond acceptors (Lipinski definition) is 4. The van der Waals surface area contributed by atoms with Crippen LogP contribution in [0.3, 0.4) is 0 Å². The van der Waals surface area contributed by atoms with Gasteiger partial charge in [-0.05, 0) is 43.9 Å². The van der Waals surface area contributed by atoms with Crippen LogP contribution < -0.4 is 10.0 Å². The van der Waals surface area contributed by atoms with Gasteiger partial charge >= 0.3 is 0 Å². The normalized spacial score (nSPS) is 14.7. The molecule has 0 amide bonds. The molecule has 0 aliphatic rings. The van der Waals surface area contributed by atoms with Crippen LogP contribution >= 0.6 is 0 Å². The summed E-state index contributed by atoms with van der Waals surface area (Å²) in [6.07, 6.45) is 5.58. The Balaban J connectivity index is 2.05. The van der Waals surface area contributed by atoms with Gasteiger partial charge in [0.25, 0.3) is 0 Å². The van der Waals surface area contributed by atoms with E-state index in [0.717, 1.165) is 23.6 Å². The number of sulfonamides is 1. The van der Waals surface area contributed by atoms with Gasteiger partial charge < -0.3 is 5.32 Å². The fourth-order valence-corrected chi connectivity index (χ4v) is 3.79. The van der Waals surface area contributed by atoms with Crippen LogP contribution in [0, 0.1) is 0 Å². The van der Waals surface area contributed by atoms with Gasteiger partial charge in [0.05, 0.1) is 4.90 Å². The zero-order chi connectivity index (χ0) is 16.9. The van der Waals surface area contributed by atoms with Crippen molar-refractivity contribution >= 4 is 20.8 Å². The first-order chi connectivity index (χ1) is 10.9. The van der Waals surface area contributed by atoms with E-state index in [1.165, 1.54) is 0 Å². The van der Waals surface area contributed by atoms with Gasteiger partial charge in [0.1, 0.15) is 0 Å². The first-order valence-electron chi connectivity index (χ1n) is 8.02. The van der Waals surface area contributed by atoms with E-state index in [0.29, 0.717) is 12.6 Å². The van der Waals surface area contributed by atoms with Crippen molar-refractivity contribution in [3.63, 3.8) is 0 Å². The van der Waals surface area contributed by atoms with E-state index < -0.39 is 10.0 Å². The second-order valence-corrected chi connectivity index (χ2v) is 7.72. The largest absolute Gasteiger partial charge is 0.313 e. The van der Waals surface area contributed by atoms with Crippen LogP contribution in [-0.2, 0) is 10.0 Å². The molecule has 1 aromatic carbocycles. The third-order valence-corrected chi connectivity index (χ3v) is 5.36. The van der Waals surface area contributed by atoms with Crippen molar-refractivity contribution in [3.05, 3.63) is 36.7 Å². The lowest BCUT2D eigenvalue weighted by molar-refractivity contribution is 0.469. The van der Waals surface area contributed by atoms with Gasteiger partial charge in [-0.2, -0.15) is 0 Å². The lowest BCUT2D eigenvalue weighted by Gasteiger charge is -2.18. The van der Waals surface area contributed by atoms with Gasteiger partial charge in [-0.3, -0.25) is 4.98 Å². The minimum Gasteiger partial charge on any atom is -0.313 e. The number of nitrogens with one attached hydrogen (secondary N) is 2. The van der Waals surface area contributed by atoms with E-state index >= 15 is 0 Å². The molecule has 6 heteroatoms. The summed E-state index contributed by atoms with van der Waals surface area (Å²) in [5.41, 5.74) is 0. The van der Waals surface area contributed by atoms with Crippen LogP contribution in [0.1, 0.15) is 33.6 Å². The van der Waals surface area contributed by atoms with Gasteiger partial charge in [-0.1, -0.05) is 19.4 Å². The van der Waals surface area contributed by atoms with E-state index in [2.05, 4.69) is 28.9 Å². The maximum absolute atomic E-state index is 12.5. The van der Waals surface area contributed by atoms with Gasteiger partial charge in [-0.15, -0.1) is 0 Å². The summed E-state index contributed by atoms with van der Waals surface area (Å²) in [7, 11) is -3.52. The number of hydrogen-bond donors (Lipinski definition) is 2. The lowest BCUT2D eigenvalue weighted by Crippen LogP contribution is -2.42. The monoisotopic (exact) mass is 335 g/mol. The lowest BCUT2D eigenvalue weighted by atomic mass is 10.2. The minimum atomic E-state index is -3.52. The molecule has 2 N–H and O–H groups in total. The Morgan fingerprint density at radius 1 is 1.13 bits per heavy atom. The highest BCUT2D eigenvalue weighted by Crippen LogP contribution is 2.18. The summed E-state index contributed by atoms with van der Waals surface area (Å²) in [5, 5.41) is 5.14. The molecule has 126 valence electrons. The second kappa shape index (κ2) is 7.86. The van der Waals surface area contributed by atoms with Crippen LogP contribution in [0.5, 0.6) is 0 Å². The molecule has 2 unspecified atom stereocenters. The van der Waals surface area contributed by atoms with Gasteiger partial charge in [0.2, 0.25) is 10.0 Å². The number of pyridine rings is 1. The van der Waals surface area contributed by atoms with E-state index in [1.807, 2.05) is 13.0 Å². The molecule has 0 fully saturated rings. The van der Waals surface area contributed by atoms with Crippen LogP contribution in [0.25, 0.3) is 10.8 Å². The van der Waals surface area contributed by atoms with Crippen molar-refractivity contribution < 1.29 is 8.42 Å². The van der Waals surface area contributed by atoms with Crippen LogP contribution in [0.15, 0.2) is 41.6 Å². The molecule has 0 aliphatic carbocycles. The van der Waals surface area contributed by atoms with Crippen molar-refractivity contribution in [2.75, 3.05) is 6.54 Å². The highest BCUT2D eigenvalue weighted by atomic mass is 32.2. The topological polar surface area (TPSA) is 71.1 Å². The SMILES string of the molecule is CCCC(C)NCC(C)NS(=O)(=O)c1ccc2cnccc2c1. The quantitative estimate of drug-likeness (QED) is 0.778. The Labute approximate surface area is 138 Å². The first kappa shape index (κ1) is 17.8. The molecule has 0 bridgehead atoms. The fraction of sp³-hybridized carbons (Fsp3) is 0.471. The predicted molar refractivity (Wildman–Crippen MR) is 93.9 cm³/mol. The molecule has 1 aromatic heterocycles. The van der Waals surface area contributed by atoms with E-state index in [-0.39, 0.29) is 10.9 Å². The zero-order valence-electron chi connectivity index (χ0n) is 13.9. The summed E-state index contributed by atoms with van der Waals surface area (Å²) in [5.74, 6) is 0. The molecule has 0 spiro atoms. The molecule has 1 heterocycles. The molecule has 23 heavy (non-hydrogen) atoms. The van der Waals surface area contributed by atoms with Gasteiger partial charge in [-0.25, -0.2) is 13.1 Å². The highest BCUT2D eigenvalue weighted by molar-refractivity contribution is 7.89. The van der Waals surface area contributed by atoms with Crippen LogP contribution in [0.4, 0.5) is 0 Å². The first-order valence-corrected chi connectivity index (χ1v) is 9.50.